The second-order valence-corrected chi connectivity index (χ2v) is 5.85. The summed E-state index contributed by atoms with van der Waals surface area (Å²) in [5.74, 6) is 0.948. The Morgan fingerprint density at radius 3 is 2.52 bits per heavy atom. The number of imidazole rings is 1. The van der Waals surface area contributed by atoms with Crippen LogP contribution in [0.1, 0.15) is 18.4 Å². The summed E-state index contributed by atoms with van der Waals surface area (Å²) in [5, 5.41) is 0. The van der Waals surface area contributed by atoms with Crippen LogP contribution in [-0.4, -0.2) is 23.1 Å². The van der Waals surface area contributed by atoms with Crippen molar-refractivity contribution in [2.75, 3.05) is 18.0 Å². The number of nitrogens with zero attached hydrogens (tertiary/aromatic N) is 2. The van der Waals surface area contributed by atoms with Gasteiger partial charge in [0.05, 0.1) is 11.0 Å². The molecule has 0 atom stereocenters. The molecule has 0 unspecified atom stereocenters. The number of rotatable bonds is 2. The molecule has 3 aromatic rings. The molecule has 0 aliphatic carbocycles. The third kappa shape index (κ3) is 2.29. The predicted molar refractivity (Wildman–Crippen MR) is 87.7 cm³/mol. The lowest BCUT2D eigenvalue weighted by Crippen LogP contribution is -2.17. The summed E-state index contributed by atoms with van der Waals surface area (Å²) < 4.78 is 0. The zero-order chi connectivity index (χ0) is 14.2. The molecule has 3 heteroatoms. The van der Waals surface area contributed by atoms with Crippen molar-refractivity contribution in [1.29, 1.82) is 0 Å². The molecule has 2 heterocycles. The van der Waals surface area contributed by atoms with Crippen LogP contribution in [0.25, 0.3) is 22.4 Å². The fourth-order valence-corrected chi connectivity index (χ4v) is 3.06. The van der Waals surface area contributed by atoms with E-state index in [4.69, 9.17) is 4.98 Å². The van der Waals surface area contributed by atoms with Crippen molar-refractivity contribution in [3.05, 3.63) is 48.0 Å². The van der Waals surface area contributed by atoms with E-state index in [9.17, 15) is 0 Å². The van der Waals surface area contributed by atoms with Crippen LogP contribution in [0.4, 0.5) is 5.69 Å². The minimum Gasteiger partial charge on any atom is -0.372 e. The monoisotopic (exact) mass is 277 g/mol. The van der Waals surface area contributed by atoms with Crippen LogP contribution in [-0.2, 0) is 0 Å². The van der Waals surface area contributed by atoms with Crippen molar-refractivity contribution in [1.82, 2.24) is 9.97 Å². The highest BCUT2D eigenvalue weighted by molar-refractivity contribution is 5.80. The highest BCUT2D eigenvalue weighted by atomic mass is 15.1. The number of anilines is 1. The third-order valence-corrected chi connectivity index (χ3v) is 4.25. The average Bonchev–Trinajstić information content (AvgIpc) is 3.16. The fourth-order valence-electron chi connectivity index (χ4n) is 3.06. The maximum Gasteiger partial charge on any atom is 0.138 e. The fraction of sp³-hybridized carbons (Fsp3) is 0.278. The molecule has 21 heavy (non-hydrogen) atoms. The van der Waals surface area contributed by atoms with Gasteiger partial charge in [0.2, 0.25) is 0 Å². The van der Waals surface area contributed by atoms with Crippen molar-refractivity contribution in [2.24, 2.45) is 0 Å². The lowest BCUT2D eigenvalue weighted by Gasteiger charge is -2.17. The Kier molecular flexibility index (Phi) is 2.92. The SMILES string of the molecule is Cc1ccc2[nH]c(-c3ccc(N4CCCC4)cc3)nc2c1. The molecule has 1 saturated heterocycles. The summed E-state index contributed by atoms with van der Waals surface area (Å²) in [6.07, 6.45) is 2.62. The van der Waals surface area contributed by atoms with Gasteiger partial charge in [-0.15, -0.1) is 0 Å². The number of hydrogen-bond donors (Lipinski definition) is 1. The summed E-state index contributed by atoms with van der Waals surface area (Å²) >= 11 is 0. The Hall–Kier alpha value is -2.29. The number of fused-ring (bicyclic) bond motifs is 1. The molecular formula is C18H19N3. The van der Waals surface area contributed by atoms with Gasteiger partial charge in [-0.2, -0.15) is 0 Å². The van der Waals surface area contributed by atoms with Gasteiger partial charge in [-0.1, -0.05) is 6.07 Å². The number of aromatic amines is 1. The molecule has 106 valence electrons. The summed E-state index contributed by atoms with van der Waals surface area (Å²) in [5.41, 5.74) is 5.84. The molecule has 2 aromatic carbocycles. The lowest BCUT2D eigenvalue weighted by molar-refractivity contribution is 0.949. The number of aromatic nitrogens is 2. The molecular weight excluding hydrogens is 258 g/mol. The smallest absolute Gasteiger partial charge is 0.138 e. The molecule has 3 nitrogen and oxygen atoms in total. The zero-order valence-electron chi connectivity index (χ0n) is 12.3. The maximum absolute atomic E-state index is 4.70. The van der Waals surface area contributed by atoms with Crippen molar-refractivity contribution >= 4 is 16.7 Å². The summed E-state index contributed by atoms with van der Waals surface area (Å²) in [6.45, 7) is 4.46. The van der Waals surface area contributed by atoms with Gasteiger partial charge in [-0.05, 0) is 61.7 Å². The number of hydrogen-bond acceptors (Lipinski definition) is 2. The van der Waals surface area contributed by atoms with E-state index in [1.165, 1.54) is 37.2 Å². The molecule has 0 spiro atoms. The number of nitrogens with one attached hydrogen (secondary N) is 1. The van der Waals surface area contributed by atoms with Gasteiger partial charge in [-0.25, -0.2) is 4.98 Å². The standard InChI is InChI=1S/C18H19N3/c1-13-4-9-16-17(12-13)20-18(19-16)14-5-7-15(8-6-14)21-10-2-3-11-21/h4-9,12H,2-3,10-11H2,1H3,(H,19,20). The number of benzene rings is 2. The van der Waals surface area contributed by atoms with E-state index in [-0.39, 0.29) is 0 Å². The van der Waals surface area contributed by atoms with E-state index in [2.05, 4.69) is 59.3 Å². The Morgan fingerprint density at radius 1 is 1.00 bits per heavy atom. The van der Waals surface area contributed by atoms with Gasteiger partial charge >= 0.3 is 0 Å². The van der Waals surface area contributed by atoms with Gasteiger partial charge < -0.3 is 9.88 Å². The van der Waals surface area contributed by atoms with E-state index in [1.54, 1.807) is 0 Å². The van der Waals surface area contributed by atoms with Gasteiger partial charge in [0.25, 0.3) is 0 Å². The average molecular weight is 277 g/mol. The summed E-state index contributed by atoms with van der Waals surface area (Å²) in [6, 6.07) is 15.1. The van der Waals surface area contributed by atoms with Gasteiger partial charge in [0.15, 0.2) is 0 Å². The summed E-state index contributed by atoms with van der Waals surface area (Å²) in [7, 11) is 0. The van der Waals surface area contributed by atoms with E-state index in [0.29, 0.717) is 0 Å². The van der Waals surface area contributed by atoms with E-state index in [0.717, 1.165) is 22.4 Å². The van der Waals surface area contributed by atoms with Crippen LogP contribution >= 0.6 is 0 Å². The van der Waals surface area contributed by atoms with Crippen molar-refractivity contribution in [3.63, 3.8) is 0 Å². The van der Waals surface area contributed by atoms with Crippen LogP contribution in [0, 0.1) is 6.92 Å². The first-order valence-electron chi connectivity index (χ1n) is 7.61. The Labute approximate surface area is 124 Å². The molecule has 0 saturated carbocycles. The first-order valence-corrected chi connectivity index (χ1v) is 7.61. The molecule has 0 radical (unpaired) electrons. The summed E-state index contributed by atoms with van der Waals surface area (Å²) in [4.78, 5) is 10.6. The molecule has 4 rings (SSSR count). The molecule has 1 aliphatic heterocycles. The highest BCUT2D eigenvalue weighted by Gasteiger charge is 2.12. The van der Waals surface area contributed by atoms with Gasteiger partial charge in [0, 0.05) is 24.3 Å². The molecule has 0 bridgehead atoms. The third-order valence-electron chi connectivity index (χ3n) is 4.25. The number of aryl methyl sites for hydroxylation is 1. The topological polar surface area (TPSA) is 31.9 Å². The van der Waals surface area contributed by atoms with Crippen molar-refractivity contribution in [3.8, 4) is 11.4 Å². The van der Waals surface area contributed by atoms with E-state index < -0.39 is 0 Å². The molecule has 1 N–H and O–H groups in total. The Bertz CT molecular complexity index is 765. The van der Waals surface area contributed by atoms with Crippen LogP contribution in [0.5, 0.6) is 0 Å². The minimum atomic E-state index is 0.948. The van der Waals surface area contributed by atoms with Crippen LogP contribution < -0.4 is 4.90 Å². The maximum atomic E-state index is 4.70. The zero-order valence-corrected chi connectivity index (χ0v) is 12.3. The largest absolute Gasteiger partial charge is 0.372 e. The van der Waals surface area contributed by atoms with Gasteiger partial charge in [-0.3, -0.25) is 0 Å². The van der Waals surface area contributed by atoms with Gasteiger partial charge in [0.1, 0.15) is 5.82 Å². The molecule has 1 aromatic heterocycles. The highest BCUT2D eigenvalue weighted by Crippen LogP contribution is 2.25. The Morgan fingerprint density at radius 2 is 1.76 bits per heavy atom. The van der Waals surface area contributed by atoms with E-state index in [1.807, 2.05) is 0 Å². The normalized spacial score (nSPS) is 15.0. The van der Waals surface area contributed by atoms with Crippen LogP contribution in [0.2, 0.25) is 0 Å². The lowest BCUT2D eigenvalue weighted by atomic mass is 10.2. The van der Waals surface area contributed by atoms with Crippen molar-refractivity contribution < 1.29 is 0 Å². The quantitative estimate of drug-likeness (QED) is 0.763. The Balaban J connectivity index is 1.67. The van der Waals surface area contributed by atoms with Crippen molar-refractivity contribution in [2.45, 2.75) is 19.8 Å². The first kappa shape index (κ1) is 12.5. The first-order chi connectivity index (χ1) is 10.3. The minimum absolute atomic E-state index is 0.948. The van der Waals surface area contributed by atoms with E-state index >= 15 is 0 Å². The second-order valence-electron chi connectivity index (χ2n) is 5.85. The number of H-pyrrole nitrogens is 1. The molecule has 1 aliphatic rings. The van der Waals surface area contributed by atoms with Crippen LogP contribution in [0.15, 0.2) is 42.5 Å². The van der Waals surface area contributed by atoms with Crippen LogP contribution in [0.3, 0.4) is 0 Å². The second kappa shape index (κ2) is 4.92. The molecule has 0 amide bonds. The predicted octanol–water partition coefficient (Wildman–Crippen LogP) is 4.14. The molecule has 1 fully saturated rings.